The van der Waals surface area contributed by atoms with Gasteiger partial charge in [-0.05, 0) is 44.4 Å². The van der Waals surface area contributed by atoms with Crippen LogP contribution in [0.2, 0.25) is 0 Å². The first kappa shape index (κ1) is 26.9. The van der Waals surface area contributed by atoms with E-state index in [1.54, 1.807) is 41.3 Å². The second-order valence-corrected chi connectivity index (χ2v) is 9.97. The second kappa shape index (κ2) is 11.5. The van der Waals surface area contributed by atoms with Crippen molar-refractivity contribution in [2.75, 3.05) is 6.54 Å². The number of amides is 3. The van der Waals surface area contributed by atoms with Crippen molar-refractivity contribution in [3.05, 3.63) is 81.6 Å². The van der Waals surface area contributed by atoms with E-state index in [0.29, 0.717) is 24.0 Å². The quantitative estimate of drug-likeness (QED) is 0.278. The van der Waals surface area contributed by atoms with Crippen LogP contribution >= 0.6 is 11.3 Å². The lowest BCUT2D eigenvalue weighted by atomic mass is 9.91. The Morgan fingerprint density at radius 1 is 1.26 bits per heavy atom. The number of pyridine rings is 1. The molecule has 1 saturated heterocycles. The molecule has 1 aliphatic heterocycles. The number of nitrogens with zero attached hydrogens (tertiary/aromatic N) is 3. The molecule has 1 fully saturated rings. The highest BCUT2D eigenvalue weighted by Crippen LogP contribution is 2.34. The summed E-state index contributed by atoms with van der Waals surface area (Å²) in [6, 6.07) is 10.5. The minimum absolute atomic E-state index is 0.0142. The first-order valence-electron chi connectivity index (χ1n) is 12.0. The van der Waals surface area contributed by atoms with E-state index in [9.17, 15) is 19.2 Å². The molecular weight excluding hydrogens is 508 g/mol. The number of carbonyl (C=O) groups is 4. The van der Waals surface area contributed by atoms with Crippen LogP contribution in [0.5, 0.6) is 0 Å². The number of likely N-dealkylation sites (tertiary alicyclic amines) is 1. The number of nitrogens with one attached hydrogen (secondary N) is 2. The zero-order chi connectivity index (χ0) is 27.3. The Morgan fingerprint density at radius 3 is 2.68 bits per heavy atom. The Hall–Kier alpha value is -4.16. The predicted molar refractivity (Wildman–Crippen MR) is 139 cm³/mol. The molecule has 3 amide bonds. The van der Waals surface area contributed by atoms with Crippen LogP contribution in [0.3, 0.4) is 0 Å². The summed E-state index contributed by atoms with van der Waals surface area (Å²) in [7, 11) is 0. The summed E-state index contributed by atoms with van der Waals surface area (Å²) in [4.78, 5) is 60.2. The molecule has 198 valence electrons. The molecule has 4 N–H and O–H groups in total. The number of nitrogens with two attached hydrogens (primary N) is 1. The van der Waals surface area contributed by atoms with E-state index in [1.165, 1.54) is 30.5 Å². The minimum Gasteiger partial charge on any atom is -0.434 e. The van der Waals surface area contributed by atoms with E-state index in [1.807, 2.05) is 12.3 Å². The summed E-state index contributed by atoms with van der Waals surface area (Å²) < 4.78 is 5.08. The van der Waals surface area contributed by atoms with E-state index >= 15 is 0 Å². The van der Waals surface area contributed by atoms with Gasteiger partial charge in [-0.3, -0.25) is 24.8 Å². The fourth-order valence-corrected chi connectivity index (χ4v) is 5.36. The summed E-state index contributed by atoms with van der Waals surface area (Å²) in [6.07, 6.45) is 2.37. The smallest absolute Gasteiger partial charge is 0.405 e. The average Bonchev–Trinajstić information content (AvgIpc) is 3.57. The number of hydrazine groups is 1. The third-order valence-corrected chi connectivity index (χ3v) is 7.33. The summed E-state index contributed by atoms with van der Waals surface area (Å²) in [5.74, 6) is -0.864. The molecule has 38 heavy (non-hydrogen) atoms. The van der Waals surface area contributed by atoms with Crippen molar-refractivity contribution in [2.45, 2.75) is 44.4 Å². The fourth-order valence-electron chi connectivity index (χ4n) is 4.42. The van der Waals surface area contributed by atoms with Gasteiger partial charge in [-0.2, -0.15) is 0 Å². The number of aryl methyl sites for hydroxylation is 1. The maximum absolute atomic E-state index is 13.4. The van der Waals surface area contributed by atoms with Crippen LogP contribution in [-0.4, -0.2) is 51.2 Å². The molecule has 0 bridgehead atoms. The van der Waals surface area contributed by atoms with Crippen molar-refractivity contribution < 1.29 is 23.9 Å². The van der Waals surface area contributed by atoms with Gasteiger partial charge < -0.3 is 15.4 Å². The summed E-state index contributed by atoms with van der Waals surface area (Å²) in [6.45, 7) is 3.88. The van der Waals surface area contributed by atoms with Crippen molar-refractivity contribution in [1.29, 1.82) is 0 Å². The number of primary amides is 1. The maximum atomic E-state index is 13.4. The van der Waals surface area contributed by atoms with Crippen LogP contribution in [0.25, 0.3) is 0 Å². The molecule has 2 aromatic heterocycles. The van der Waals surface area contributed by atoms with E-state index in [0.717, 1.165) is 23.5 Å². The van der Waals surface area contributed by atoms with Crippen LogP contribution in [0.4, 0.5) is 4.79 Å². The van der Waals surface area contributed by atoms with Gasteiger partial charge in [0.2, 0.25) is 0 Å². The van der Waals surface area contributed by atoms with Gasteiger partial charge in [0.1, 0.15) is 10.7 Å². The van der Waals surface area contributed by atoms with Crippen LogP contribution in [0.1, 0.15) is 69.0 Å². The largest absolute Gasteiger partial charge is 0.434 e. The topological polar surface area (TPSA) is 157 Å². The molecule has 3 aromatic rings. The van der Waals surface area contributed by atoms with Crippen molar-refractivity contribution in [1.82, 2.24) is 25.7 Å². The Kier molecular flexibility index (Phi) is 8.13. The van der Waals surface area contributed by atoms with Gasteiger partial charge in [0.15, 0.2) is 11.9 Å². The average molecular weight is 537 g/mol. The molecule has 3 atom stereocenters. The number of ether oxygens (including phenoxy) is 1. The Labute approximate surface area is 223 Å². The number of carbonyl (C=O) groups excluding carboxylic acids is 4. The number of aldehydes is 1. The molecule has 0 aliphatic carbocycles. The molecule has 0 spiro atoms. The number of benzene rings is 1. The van der Waals surface area contributed by atoms with Crippen molar-refractivity contribution >= 4 is 35.5 Å². The number of hydrogen-bond acceptors (Lipinski definition) is 9. The van der Waals surface area contributed by atoms with Gasteiger partial charge in [-0.15, -0.1) is 11.3 Å². The molecule has 1 aromatic carbocycles. The minimum atomic E-state index is -1.73. The summed E-state index contributed by atoms with van der Waals surface area (Å²) >= 11 is 1.53. The zero-order valence-electron chi connectivity index (χ0n) is 20.9. The third-order valence-electron chi connectivity index (χ3n) is 6.27. The van der Waals surface area contributed by atoms with E-state index in [2.05, 4.69) is 20.8 Å². The molecule has 3 heterocycles. The Bertz CT molecular complexity index is 1330. The zero-order valence-corrected chi connectivity index (χ0v) is 21.7. The number of rotatable bonds is 9. The van der Waals surface area contributed by atoms with Gasteiger partial charge in [-0.25, -0.2) is 15.2 Å². The van der Waals surface area contributed by atoms with Crippen molar-refractivity contribution in [3.63, 3.8) is 0 Å². The van der Waals surface area contributed by atoms with E-state index < -0.39 is 23.6 Å². The lowest BCUT2D eigenvalue weighted by Crippen LogP contribution is -2.52. The highest BCUT2D eigenvalue weighted by atomic mass is 32.1. The van der Waals surface area contributed by atoms with Crippen LogP contribution in [-0.2, 0) is 9.53 Å². The van der Waals surface area contributed by atoms with E-state index in [-0.39, 0.29) is 17.6 Å². The molecule has 1 unspecified atom stereocenters. The lowest BCUT2D eigenvalue weighted by Gasteiger charge is -2.32. The molecule has 11 nitrogen and oxygen atoms in total. The fraction of sp³-hybridized carbons (Fsp3) is 0.308. The summed E-state index contributed by atoms with van der Waals surface area (Å²) in [5.41, 5.74) is 10.5. The monoisotopic (exact) mass is 536 g/mol. The standard InChI is InChI=1S/C26H28N6O5S/c1-16-14-38-23(29-16)20-9-6-12-32(20)24(35)18-10-11-28-19(13-18)22(34)31-30-21(17-7-4-3-5-8-17)26(2,15-33)37-25(27)36/h3-5,7-8,10-11,13-15,20-21,30H,6,9,12H2,1-2H3,(H2,27,36)(H,31,34)/t20-,21?,26+/m1/s1. The van der Waals surface area contributed by atoms with Gasteiger partial charge in [0.05, 0.1) is 12.1 Å². The van der Waals surface area contributed by atoms with Gasteiger partial charge in [-0.1, -0.05) is 30.3 Å². The Balaban J connectivity index is 1.51. The van der Waals surface area contributed by atoms with Crippen molar-refractivity contribution in [3.8, 4) is 0 Å². The van der Waals surface area contributed by atoms with Crippen LogP contribution in [0, 0.1) is 6.92 Å². The van der Waals surface area contributed by atoms with Gasteiger partial charge in [0.25, 0.3) is 11.8 Å². The van der Waals surface area contributed by atoms with Crippen LogP contribution < -0.4 is 16.6 Å². The number of hydrogen-bond donors (Lipinski definition) is 3. The molecule has 0 radical (unpaired) electrons. The normalized spacial score (nSPS) is 17.3. The van der Waals surface area contributed by atoms with Crippen molar-refractivity contribution in [2.24, 2.45) is 5.73 Å². The van der Waals surface area contributed by atoms with Gasteiger partial charge in [0, 0.05) is 29.4 Å². The summed E-state index contributed by atoms with van der Waals surface area (Å²) in [5, 5.41) is 2.86. The second-order valence-electron chi connectivity index (χ2n) is 9.08. The molecule has 1 aliphatic rings. The predicted octanol–water partition coefficient (Wildman–Crippen LogP) is 2.85. The van der Waals surface area contributed by atoms with E-state index in [4.69, 9.17) is 10.5 Å². The molecular formula is C26H28N6O5S. The molecule has 12 heteroatoms. The number of thiazole rings is 1. The SMILES string of the molecule is Cc1csc([C@H]2CCCN2C(=O)c2ccnc(C(=O)NNC(c3ccccc3)[C@](C)(C=O)OC(N)=O)c2)n1. The number of aromatic nitrogens is 2. The highest BCUT2D eigenvalue weighted by Gasteiger charge is 2.39. The first-order valence-corrected chi connectivity index (χ1v) is 12.8. The maximum Gasteiger partial charge on any atom is 0.405 e. The lowest BCUT2D eigenvalue weighted by molar-refractivity contribution is -0.126. The van der Waals surface area contributed by atoms with Crippen LogP contribution in [0.15, 0.2) is 54.0 Å². The Morgan fingerprint density at radius 2 is 2.03 bits per heavy atom. The highest BCUT2D eigenvalue weighted by molar-refractivity contribution is 7.09. The van der Waals surface area contributed by atoms with Gasteiger partial charge >= 0.3 is 6.09 Å². The third kappa shape index (κ3) is 5.87. The molecule has 4 rings (SSSR count). The first-order chi connectivity index (χ1) is 18.2. The molecule has 0 saturated carbocycles.